The first-order valence-corrected chi connectivity index (χ1v) is 4.35. The number of methoxy groups -OCH3 is 2. The molecule has 0 spiro atoms. The Hall–Kier alpha value is -0.0800. The monoisotopic (exact) mass is 158 g/mol. The van der Waals surface area contributed by atoms with Crippen molar-refractivity contribution in [2.45, 2.75) is 38.4 Å². The molecular weight excluding hydrogens is 140 g/mol. The van der Waals surface area contributed by atoms with Crippen LogP contribution in [0.3, 0.4) is 0 Å². The smallest absolute Gasteiger partial charge is 0.170 e. The third kappa shape index (κ3) is 1.57. The fourth-order valence-corrected chi connectivity index (χ4v) is 1.98. The quantitative estimate of drug-likeness (QED) is 0.573. The summed E-state index contributed by atoms with van der Waals surface area (Å²) in [5.74, 6) is 0.254. The van der Waals surface area contributed by atoms with Gasteiger partial charge in [0.25, 0.3) is 0 Å². The number of ether oxygens (including phenoxy) is 2. The van der Waals surface area contributed by atoms with Crippen LogP contribution < -0.4 is 0 Å². The van der Waals surface area contributed by atoms with Crippen LogP contribution in [0.1, 0.15) is 32.6 Å². The van der Waals surface area contributed by atoms with E-state index in [0.717, 1.165) is 6.42 Å². The van der Waals surface area contributed by atoms with Crippen molar-refractivity contribution < 1.29 is 9.47 Å². The van der Waals surface area contributed by atoms with E-state index in [0.29, 0.717) is 5.92 Å². The molecule has 2 heteroatoms. The van der Waals surface area contributed by atoms with Crippen LogP contribution in [0.4, 0.5) is 0 Å². The molecule has 1 rings (SSSR count). The van der Waals surface area contributed by atoms with E-state index in [9.17, 15) is 0 Å². The summed E-state index contributed by atoms with van der Waals surface area (Å²) in [6.07, 6.45) is 4.81. The topological polar surface area (TPSA) is 18.5 Å². The fraction of sp³-hybridized carbons (Fsp3) is 1.00. The van der Waals surface area contributed by atoms with E-state index < -0.39 is 0 Å². The molecule has 66 valence electrons. The molecule has 1 saturated carbocycles. The minimum Gasteiger partial charge on any atom is -0.353 e. The number of hydrogen-bond acceptors (Lipinski definition) is 2. The number of rotatable bonds is 2. The third-order valence-electron chi connectivity index (χ3n) is 2.85. The Morgan fingerprint density at radius 2 is 1.82 bits per heavy atom. The average Bonchev–Trinajstić information content (AvgIpc) is 2.06. The third-order valence-corrected chi connectivity index (χ3v) is 2.85. The van der Waals surface area contributed by atoms with E-state index in [4.69, 9.17) is 9.47 Å². The summed E-state index contributed by atoms with van der Waals surface area (Å²) in [7, 11) is 3.48. The zero-order chi connectivity index (χ0) is 8.32. The second-order valence-corrected chi connectivity index (χ2v) is 3.37. The van der Waals surface area contributed by atoms with Crippen molar-refractivity contribution in [1.82, 2.24) is 0 Å². The van der Waals surface area contributed by atoms with Crippen LogP contribution in [0.2, 0.25) is 0 Å². The molecule has 1 fully saturated rings. The lowest BCUT2D eigenvalue weighted by molar-refractivity contribution is -0.250. The number of hydrogen-bond donors (Lipinski definition) is 0. The molecular formula is C9H18O2. The van der Waals surface area contributed by atoms with Gasteiger partial charge < -0.3 is 9.47 Å². The first kappa shape index (κ1) is 9.01. The Labute approximate surface area is 68.9 Å². The SMILES string of the molecule is COC1(OC)CCCCC1C. The van der Waals surface area contributed by atoms with Crippen LogP contribution in [0.5, 0.6) is 0 Å². The van der Waals surface area contributed by atoms with Gasteiger partial charge in [0, 0.05) is 26.6 Å². The van der Waals surface area contributed by atoms with Crippen molar-refractivity contribution in [3.05, 3.63) is 0 Å². The van der Waals surface area contributed by atoms with Crippen LogP contribution in [0.15, 0.2) is 0 Å². The maximum atomic E-state index is 5.42. The summed E-state index contributed by atoms with van der Waals surface area (Å²) < 4.78 is 10.8. The molecule has 1 aliphatic carbocycles. The van der Waals surface area contributed by atoms with Gasteiger partial charge in [-0.25, -0.2) is 0 Å². The molecule has 0 bridgehead atoms. The van der Waals surface area contributed by atoms with Crippen molar-refractivity contribution in [3.63, 3.8) is 0 Å². The van der Waals surface area contributed by atoms with E-state index in [1.54, 1.807) is 14.2 Å². The highest BCUT2D eigenvalue weighted by Gasteiger charge is 2.38. The van der Waals surface area contributed by atoms with E-state index in [2.05, 4.69) is 6.92 Å². The molecule has 0 aliphatic heterocycles. The Morgan fingerprint density at radius 3 is 2.18 bits per heavy atom. The molecule has 0 amide bonds. The Kier molecular flexibility index (Phi) is 2.90. The Balaban J connectivity index is 2.61. The molecule has 0 radical (unpaired) electrons. The van der Waals surface area contributed by atoms with Gasteiger partial charge in [0.2, 0.25) is 0 Å². The second-order valence-electron chi connectivity index (χ2n) is 3.37. The summed E-state index contributed by atoms with van der Waals surface area (Å²) in [6, 6.07) is 0. The van der Waals surface area contributed by atoms with Gasteiger partial charge >= 0.3 is 0 Å². The first-order valence-electron chi connectivity index (χ1n) is 4.35. The second kappa shape index (κ2) is 3.55. The van der Waals surface area contributed by atoms with Gasteiger partial charge in [0.1, 0.15) is 0 Å². The van der Waals surface area contributed by atoms with Gasteiger partial charge in [-0.15, -0.1) is 0 Å². The van der Waals surface area contributed by atoms with E-state index in [1.165, 1.54) is 19.3 Å². The molecule has 1 unspecified atom stereocenters. The van der Waals surface area contributed by atoms with Crippen molar-refractivity contribution >= 4 is 0 Å². The van der Waals surface area contributed by atoms with Gasteiger partial charge in [0.05, 0.1) is 0 Å². The highest BCUT2D eigenvalue weighted by atomic mass is 16.7. The molecule has 0 aromatic rings. The predicted octanol–water partition coefficient (Wildman–Crippen LogP) is 2.19. The summed E-state index contributed by atoms with van der Waals surface area (Å²) >= 11 is 0. The Bertz CT molecular complexity index is 119. The van der Waals surface area contributed by atoms with Gasteiger partial charge in [-0.05, 0) is 12.8 Å². The summed E-state index contributed by atoms with van der Waals surface area (Å²) in [5, 5.41) is 0. The van der Waals surface area contributed by atoms with E-state index >= 15 is 0 Å². The molecule has 0 heterocycles. The molecule has 11 heavy (non-hydrogen) atoms. The standard InChI is InChI=1S/C9H18O2/c1-8-6-4-5-7-9(8,10-2)11-3/h8H,4-7H2,1-3H3. The van der Waals surface area contributed by atoms with E-state index in [-0.39, 0.29) is 5.79 Å². The highest BCUT2D eigenvalue weighted by molar-refractivity contribution is 4.80. The van der Waals surface area contributed by atoms with E-state index in [1.807, 2.05) is 0 Å². The molecule has 0 N–H and O–H groups in total. The highest BCUT2D eigenvalue weighted by Crippen LogP contribution is 2.36. The van der Waals surface area contributed by atoms with Crippen molar-refractivity contribution in [2.24, 2.45) is 5.92 Å². The fourth-order valence-electron chi connectivity index (χ4n) is 1.98. The maximum absolute atomic E-state index is 5.42. The summed E-state index contributed by atoms with van der Waals surface area (Å²) in [6.45, 7) is 2.20. The zero-order valence-electron chi connectivity index (χ0n) is 7.72. The lowest BCUT2D eigenvalue weighted by Gasteiger charge is -2.39. The first-order chi connectivity index (χ1) is 5.25. The van der Waals surface area contributed by atoms with Crippen molar-refractivity contribution in [2.75, 3.05) is 14.2 Å². The zero-order valence-corrected chi connectivity index (χ0v) is 7.72. The van der Waals surface area contributed by atoms with Crippen molar-refractivity contribution in [3.8, 4) is 0 Å². The van der Waals surface area contributed by atoms with Gasteiger partial charge in [-0.3, -0.25) is 0 Å². The van der Waals surface area contributed by atoms with Gasteiger partial charge in [0.15, 0.2) is 5.79 Å². The molecule has 2 nitrogen and oxygen atoms in total. The summed E-state index contributed by atoms with van der Waals surface area (Å²) in [5.41, 5.74) is 0. The van der Waals surface area contributed by atoms with Crippen LogP contribution in [0, 0.1) is 5.92 Å². The predicted molar refractivity (Wildman–Crippen MR) is 44.4 cm³/mol. The molecule has 1 aliphatic rings. The van der Waals surface area contributed by atoms with Crippen LogP contribution in [-0.4, -0.2) is 20.0 Å². The molecule has 0 aromatic heterocycles. The van der Waals surface area contributed by atoms with Gasteiger partial charge in [-0.2, -0.15) is 0 Å². The van der Waals surface area contributed by atoms with Gasteiger partial charge in [-0.1, -0.05) is 13.3 Å². The van der Waals surface area contributed by atoms with Crippen LogP contribution in [0.25, 0.3) is 0 Å². The Morgan fingerprint density at radius 1 is 1.18 bits per heavy atom. The lowest BCUT2D eigenvalue weighted by atomic mass is 9.84. The van der Waals surface area contributed by atoms with Crippen molar-refractivity contribution in [1.29, 1.82) is 0 Å². The molecule has 1 atom stereocenters. The van der Waals surface area contributed by atoms with Crippen LogP contribution in [-0.2, 0) is 9.47 Å². The summed E-state index contributed by atoms with van der Waals surface area (Å²) in [4.78, 5) is 0. The minimum absolute atomic E-state index is 0.280. The minimum atomic E-state index is -0.280. The molecule has 0 aromatic carbocycles. The maximum Gasteiger partial charge on any atom is 0.170 e. The lowest BCUT2D eigenvalue weighted by Crippen LogP contribution is -2.42. The van der Waals surface area contributed by atoms with Crippen LogP contribution >= 0.6 is 0 Å². The largest absolute Gasteiger partial charge is 0.353 e. The molecule has 0 saturated heterocycles. The average molecular weight is 158 g/mol. The normalized spacial score (nSPS) is 30.3.